The largest absolute Gasteiger partial charge is 0.462 e. The molecule has 0 aromatic heterocycles. The first-order valence-corrected chi connectivity index (χ1v) is 6.53. The van der Waals surface area contributed by atoms with Crippen molar-refractivity contribution in [1.82, 2.24) is 0 Å². The molecule has 0 N–H and O–H groups in total. The minimum atomic E-state index is -0.476. The van der Waals surface area contributed by atoms with Crippen LogP contribution in [0.2, 0.25) is 0 Å². The molecule has 0 saturated heterocycles. The minimum Gasteiger partial charge on any atom is -0.462 e. The molecule has 0 rings (SSSR count). The zero-order valence-electron chi connectivity index (χ0n) is 11.0. The van der Waals surface area contributed by atoms with Crippen molar-refractivity contribution in [3.05, 3.63) is 11.6 Å². The number of nitrogens with zero attached hydrogens (tertiary/aromatic N) is 1. The molecule has 0 saturated carbocycles. The first-order valence-electron chi connectivity index (χ1n) is 6.53. The Morgan fingerprint density at radius 3 is 2.47 bits per heavy atom. The number of esters is 1. The van der Waals surface area contributed by atoms with Gasteiger partial charge in [0.25, 0.3) is 0 Å². The minimum absolute atomic E-state index is 0.151. The van der Waals surface area contributed by atoms with Crippen molar-refractivity contribution < 1.29 is 9.53 Å². The maximum Gasteiger partial charge on any atom is 0.348 e. The lowest BCUT2D eigenvalue weighted by atomic mass is 10.1. The molecule has 0 aromatic rings. The third-order valence-electron chi connectivity index (χ3n) is 2.48. The summed E-state index contributed by atoms with van der Waals surface area (Å²) in [7, 11) is 0. The molecule has 0 aliphatic carbocycles. The number of nitriles is 1. The Morgan fingerprint density at radius 1 is 1.18 bits per heavy atom. The standard InChI is InChI=1S/C14H23NO2/c1-3-5-7-8-9-10-13(12-15)14(16)17-11-6-4-2/h10H,3-9,11H2,1-2H3. The zero-order valence-corrected chi connectivity index (χ0v) is 11.0. The Kier molecular flexibility index (Phi) is 10.3. The molecule has 0 spiro atoms. The van der Waals surface area contributed by atoms with E-state index in [0.717, 1.165) is 32.1 Å². The number of carbonyl (C=O) groups excluding carboxylic acids is 1. The Hall–Kier alpha value is -1.30. The summed E-state index contributed by atoms with van der Waals surface area (Å²) in [5.74, 6) is -0.476. The summed E-state index contributed by atoms with van der Waals surface area (Å²) < 4.78 is 4.98. The quantitative estimate of drug-likeness (QED) is 0.265. The normalized spacial score (nSPS) is 11.0. The van der Waals surface area contributed by atoms with E-state index in [1.807, 2.05) is 13.0 Å². The molecule has 0 unspecified atom stereocenters. The van der Waals surface area contributed by atoms with Gasteiger partial charge < -0.3 is 4.74 Å². The summed E-state index contributed by atoms with van der Waals surface area (Å²) in [5.41, 5.74) is 0.151. The van der Waals surface area contributed by atoms with E-state index in [-0.39, 0.29) is 5.57 Å². The second kappa shape index (κ2) is 11.2. The molecule has 3 heteroatoms. The summed E-state index contributed by atoms with van der Waals surface area (Å²) in [5, 5.41) is 8.84. The third kappa shape index (κ3) is 8.50. The third-order valence-corrected chi connectivity index (χ3v) is 2.48. The molecular weight excluding hydrogens is 214 g/mol. The van der Waals surface area contributed by atoms with Gasteiger partial charge in [-0.05, 0) is 19.3 Å². The van der Waals surface area contributed by atoms with Crippen LogP contribution in [0.4, 0.5) is 0 Å². The van der Waals surface area contributed by atoms with Crippen molar-refractivity contribution in [1.29, 1.82) is 5.26 Å². The van der Waals surface area contributed by atoms with E-state index in [9.17, 15) is 4.79 Å². The van der Waals surface area contributed by atoms with Crippen LogP contribution in [0.1, 0.15) is 58.8 Å². The van der Waals surface area contributed by atoms with Gasteiger partial charge in [-0.1, -0.05) is 45.6 Å². The number of rotatable bonds is 9. The lowest BCUT2D eigenvalue weighted by Gasteiger charge is -2.02. The predicted octanol–water partition coefficient (Wildman–Crippen LogP) is 3.75. The van der Waals surface area contributed by atoms with E-state index in [1.54, 1.807) is 6.08 Å². The molecular formula is C14H23NO2. The molecule has 0 amide bonds. The van der Waals surface area contributed by atoms with Crippen LogP contribution in [0.5, 0.6) is 0 Å². The Morgan fingerprint density at radius 2 is 1.88 bits per heavy atom. The van der Waals surface area contributed by atoms with Gasteiger partial charge in [-0.2, -0.15) is 5.26 Å². The molecule has 0 aliphatic rings. The fraction of sp³-hybridized carbons (Fsp3) is 0.714. The fourth-order valence-corrected chi connectivity index (χ4v) is 1.38. The number of hydrogen-bond acceptors (Lipinski definition) is 3. The lowest BCUT2D eigenvalue weighted by Crippen LogP contribution is -2.07. The van der Waals surface area contributed by atoms with Gasteiger partial charge in [0.05, 0.1) is 6.61 Å². The average molecular weight is 237 g/mol. The Balaban J connectivity index is 3.91. The van der Waals surface area contributed by atoms with E-state index < -0.39 is 5.97 Å². The van der Waals surface area contributed by atoms with Crippen molar-refractivity contribution in [2.24, 2.45) is 0 Å². The van der Waals surface area contributed by atoms with Crippen molar-refractivity contribution in [2.45, 2.75) is 58.8 Å². The number of ether oxygens (including phenoxy) is 1. The first kappa shape index (κ1) is 15.7. The Bertz CT molecular complexity index is 276. The summed E-state index contributed by atoms with van der Waals surface area (Å²) >= 11 is 0. The highest BCUT2D eigenvalue weighted by molar-refractivity contribution is 5.92. The van der Waals surface area contributed by atoms with Gasteiger partial charge in [-0.3, -0.25) is 0 Å². The van der Waals surface area contributed by atoms with Crippen LogP contribution in [-0.4, -0.2) is 12.6 Å². The van der Waals surface area contributed by atoms with E-state index >= 15 is 0 Å². The van der Waals surface area contributed by atoms with Gasteiger partial charge in [0.2, 0.25) is 0 Å². The monoisotopic (exact) mass is 237 g/mol. The molecule has 96 valence electrons. The summed E-state index contributed by atoms with van der Waals surface area (Å²) in [4.78, 5) is 11.5. The second-order valence-corrected chi connectivity index (χ2v) is 4.07. The van der Waals surface area contributed by atoms with Gasteiger partial charge >= 0.3 is 5.97 Å². The first-order chi connectivity index (χ1) is 8.26. The highest BCUT2D eigenvalue weighted by Gasteiger charge is 2.09. The van der Waals surface area contributed by atoms with Crippen LogP contribution in [0.15, 0.2) is 11.6 Å². The van der Waals surface area contributed by atoms with Gasteiger partial charge in [-0.25, -0.2) is 4.79 Å². The van der Waals surface area contributed by atoms with Crippen LogP contribution in [0, 0.1) is 11.3 Å². The molecule has 0 radical (unpaired) electrons. The van der Waals surface area contributed by atoms with Gasteiger partial charge in [-0.15, -0.1) is 0 Å². The van der Waals surface area contributed by atoms with Gasteiger partial charge in [0.1, 0.15) is 11.6 Å². The topological polar surface area (TPSA) is 50.1 Å². The smallest absolute Gasteiger partial charge is 0.348 e. The van der Waals surface area contributed by atoms with Crippen LogP contribution in [0.3, 0.4) is 0 Å². The molecule has 0 bridgehead atoms. The molecule has 0 heterocycles. The van der Waals surface area contributed by atoms with E-state index in [0.29, 0.717) is 6.61 Å². The van der Waals surface area contributed by atoms with Gasteiger partial charge in [0, 0.05) is 0 Å². The molecule has 17 heavy (non-hydrogen) atoms. The Labute approximate surface area is 104 Å². The van der Waals surface area contributed by atoms with E-state index in [2.05, 4.69) is 6.92 Å². The van der Waals surface area contributed by atoms with Crippen LogP contribution in [0.25, 0.3) is 0 Å². The molecule has 0 fully saturated rings. The maximum absolute atomic E-state index is 11.5. The number of allylic oxidation sites excluding steroid dienone is 1. The fourth-order valence-electron chi connectivity index (χ4n) is 1.38. The average Bonchev–Trinajstić information content (AvgIpc) is 2.34. The summed E-state index contributed by atoms with van der Waals surface area (Å²) in [6.45, 7) is 4.59. The van der Waals surface area contributed by atoms with E-state index in [4.69, 9.17) is 10.00 Å². The zero-order chi connectivity index (χ0) is 12.9. The molecule has 0 aliphatic heterocycles. The van der Waals surface area contributed by atoms with Crippen molar-refractivity contribution in [2.75, 3.05) is 6.61 Å². The molecule has 0 atom stereocenters. The van der Waals surface area contributed by atoms with Crippen LogP contribution >= 0.6 is 0 Å². The highest BCUT2D eigenvalue weighted by atomic mass is 16.5. The lowest BCUT2D eigenvalue weighted by molar-refractivity contribution is -0.138. The molecule has 0 aromatic carbocycles. The van der Waals surface area contributed by atoms with Crippen LogP contribution in [-0.2, 0) is 9.53 Å². The van der Waals surface area contributed by atoms with Crippen LogP contribution < -0.4 is 0 Å². The number of unbranched alkanes of at least 4 members (excludes halogenated alkanes) is 5. The highest BCUT2D eigenvalue weighted by Crippen LogP contribution is 2.06. The summed E-state index contributed by atoms with van der Waals surface area (Å²) in [6, 6.07) is 1.91. The SMILES string of the molecule is CCCCCCC=C(C#N)C(=O)OCCCC. The van der Waals surface area contributed by atoms with Crippen molar-refractivity contribution in [3.63, 3.8) is 0 Å². The van der Waals surface area contributed by atoms with Crippen molar-refractivity contribution in [3.8, 4) is 6.07 Å². The van der Waals surface area contributed by atoms with Gasteiger partial charge in [0.15, 0.2) is 0 Å². The molecule has 3 nitrogen and oxygen atoms in total. The second-order valence-electron chi connectivity index (χ2n) is 4.07. The van der Waals surface area contributed by atoms with E-state index in [1.165, 1.54) is 12.8 Å². The maximum atomic E-state index is 11.5. The summed E-state index contributed by atoms with van der Waals surface area (Å²) in [6.07, 6.45) is 8.88. The number of hydrogen-bond donors (Lipinski definition) is 0. The predicted molar refractivity (Wildman–Crippen MR) is 68.3 cm³/mol. The van der Waals surface area contributed by atoms with Crippen molar-refractivity contribution >= 4 is 5.97 Å². The number of carbonyl (C=O) groups is 1.